The number of hydrogen-bond acceptors (Lipinski definition) is 5. The molecule has 0 fully saturated rings. The number of nitrogen functional groups attached to an aromatic ring is 1. The fourth-order valence-corrected chi connectivity index (χ4v) is 1.75. The van der Waals surface area contributed by atoms with Gasteiger partial charge < -0.3 is 20.5 Å². The molecule has 1 aromatic carbocycles. The molecule has 0 atom stereocenters. The molecule has 6 nitrogen and oxygen atoms in total. The SMILES string of the molecule is CCOc1ccc(C(=O)Nc2ccc(OC)nc2)cc1N. The van der Waals surface area contributed by atoms with Crippen molar-refractivity contribution in [1.82, 2.24) is 4.98 Å². The molecular formula is C15H17N3O3. The average Bonchev–Trinajstić information content (AvgIpc) is 2.50. The van der Waals surface area contributed by atoms with Gasteiger partial charge in [0.2, 0.25) is 5.88 Å². The van der Waals surface area contributed by atoms with Crippen LogP contribution in [0.25, 0.3) is 0 Å². The molecule has 6 heteroatoms. The van der Waals surface area contributed by atoms with Crippen LogP contribution in [-0.2, 0) is 0 Å². The Labute approximate surface area is 122 Å². The van der Waals surface area contributed by atoms with Gasteiger partial charge in [0.25, 0.3) is 5.91 Å². The minimum absolute atomic E-state index is 0.267. The molecule has 0 saturated heterocycles. The Hall–Kier alpha value is -2.76. The lowest BCUT2D eigenvalue weighted by atomic mass is 10.1. The first-order valence-corrected chi connectivity index (χ1v) is 6.47. The van der Waals surface area contributed by atoms with E-state index in [4.69, 9.17) is 15.2 Å². The number of benzene rings is 1. The standard InChI is InChI=1S/C15H17N3O3/c1-3-21-13-6-4-10(8-12(13)16)15(19)18-11-5-7-14(20-2)17-9-11/h4-9H,3,16H2,1-2H3,(H,18,19). The van der Waals surface area contributed by atoms with Gasteiger partial charge in [-0.2, -0.15) is 0 Å². The van der Waals surface area contributed by atoms with Crippen LogP contribution in [0.4, 0.5) is 11.4 Å². The Bertz CT molecular complexity index is 627. The van der Waals surface area contributed by atoms with Gasteiger partial charge in [-0.15, -0.1) is 0 Å². The van der Waals surface area contributed by atoms with E-state index in [2.05, 4.69) is 10.3 Å². The van der Waals surface area contributed by atoms with Gasteiger partial charge in [-0.25, -0.2) is 4.98 Å². The molecule has 1 heterocycles. The van der Waals surface area contributed by atoms with Crippen molar-refractivity contribution in [2.45, 2.75) is 6.92 Å². The Morgan fingerprint density at radius 3 is 2.71 bits per heavy atom. The van der Waals surface area contributed by atoms with Gasteiger partial charge in [0.1, 0.15) is 5.75 Å². The van der Waals surface area contributed by atoms with Crippen LogP contribution in [0.1, 0.15) is 17.3 Å². The predicted molar refractivity (Wildman–Crippen MR) is 80.8 cm³/mol. The molecule has 1 aromatic heterocycles. The van der Waals surface area contributed by atoms with Crippen LogP contribution in [0.2, 0.25) is 0 Å². The summed E-state index contributed by atoms with van der Waals surface area (Å²) in [5.41, 5.74) is 7.30. The maximum atomic E-state index is 12.1. The highest BCUT2D eigenvalue weighted by Crippen LogP contribution is 2.23. The molecule has 0 aliphatic heterocycles. The molecule has 110 valence electrons. The number of nitrogens with two attached hydrogens (primary N) is 1. The Morgan fingerprint density at radius 2 is 2.14 bits per heavy atom. The van der Waals surface area contributed by atoms with Crippen LogP contribution in [0.5, 0.6) is 11.6 Å². The lowest BCUT2D eigenvalue weighted by Gasteiger charge is -2.09. The topological polar surface area (TPSA) is 86.5 Å². The van der Waals surface area contributed by atoms with Gasteiger partial charge in [-0.05, 0) is 31.2 Å². The molecule has 3 N–H and O–H groups in total. The number of carbonyl (C=O) groups excluding carboxylic acids is 1. The van der Waals surface area contributed by atoms with Gasteiger partial charge in [0.15, 0.2) is 0 Å². The van der Waals surface area contributed by atoms with Gasteiger partial charge in [-0.3, -0.25) is 4.79 Å². The summed E-state index contributed by atoms with van der Waals surface area (Å²) in [6, 6.07) is 8.30. The number of amides is 1. The molecule has 0 aliphatic rings. The number of hydrogen-bond donors (Lipinski definition) is 2. The summed E-state index contributed by atoms with van der Waals surface area (Å²) in [6.45, 7) is 2.39. The number of aromatic nitrogens is 1. The predicted octanol–water partition coefficient (Wildman–Crippen LogP) is 2.32. The van der Waals surface area contributed by atoms with Crippen molar-refractivity contribution in [3.05, 3.63) is 42.1 Å². The van der Waals surface area contributed by atoms with Crippen molar-refractivity contribution in [3.63, 3.8) is 0 Å². The number of carbonyl (C=O) groups is 1. The van der Waals surface area contributed by atoms with E-state index in [0.717, 1.165) is 0 Å². The zero-order valence-corrected chi connectivity index (χ0v) is 11.9. The second-order valence-corrected chi connectivity index (χ2v) is 4.23. The second-order valence-electron chi connectivity index (χ2n) is 4.23. The van der Waals surface area contributed by atoms with Crippen LogP contribution in [0.3, 0.4) is 0 Å². The summed E-state index contributed by atoms with van der Waals surface area (Å²) in [7, 11) is 1.53. The largest absolute Gasteiger partial charge is 0.492 e. The number of anilines is 2. The average molecular weight is 287 g/mol. The van der Waals surface area contributed by atoms with E-state index in [0.29, 0.717) is 35.2 Å². The molecule has 0 bridgehead atoms. The molecule has 0 saturated carbocycles. The van der Waals surface area contributed by atoms with Gasteiger partial charge in [-0.1, -0.05) is 0 Å². The minimum Gasteiger partial charge on any atom is -0.492 e. The van der Waals surface area contributed by atoms with E-state index < -0.39 is 0 Å². The molecule has 0 spiro atoms. The summed E-state index contributed by atoms with van der Waals surface area (Å²) < 4.78 is 10.3. The molecule has 1 amide bonds. The third-order valence-electron chi connectivity index (χ3n) is 2.78. The zero-order chi connectivity index (χ0) is 15.2. The number of methoxy groups -OCH3 is 1. The second kappa shape index (κ2) is 6.60. The van der Waals surface area contributed by atoms with Crippen LogP contribution in [0, 0.1) is 0 Å². The summed E-state index contributed by atoms with van der Waals surface area (Å²) >= 11 is 0. The van der Waals surface area contributed by atoms with Crippen LogP contribution < -0.4 is 20.5 Å². The van der Waals surface area contributed by atoms with Crippen LogP contribution in [0.15, 0.2) is 36.5 Å². The highest BCUT2D eigenvalue weighted by molar-refractivity contribution is 6.04. The summed E-state index contributed by atoms with van der Waals surface area (Å²) in [4.78, 5) is 16.1. The third-order valence-corrected chi connectivity index (χ3v) is 2.78. The monoisotopic (exact) mass is 287 g/mol. The summed E-state index contributed by atoms with van der Waals surface area (Å²) in [5.74, 6) is 0.787. The van der Waals surface area contributed by atoms with Crippen molar-refractivity contribution in [1.29, 1.82) is 0 Å². The van der Waals surface area contributed by atoms with E-state index >= 15 is 0 Å². The normalized spacial score (nSPS) is 10.0. The zero-order valence-electron chi connectivity index (χ0n) is 11.9. The highest BCUT2D eigenvalue weighted by atomic mass is 16.5. The van der Waals surface area contributed by atoms with Crippen LogP contribution >= 0.6 is 0 Å². The van der Waals surface area contributed by atoms with Crippen molar-refractivity contribution in [3.8, 4) is 11.6 Å². The van der Waals surface area contributed by atoms with Gasteiger partial charge >= 0.3 is 0 Å². The summed E-state index contributed by atoms with van der Waals surface area (Å²) in [5, 5.41) is 2.73. The van der Waals surface area contributed by atoms with E-state index in [1.807, 2.05) is 6.92 Å². The van der Waals surface area contributed by atoms with Crippen molar-refractivity contribution >= 4 is 17.3 Å². The smallest absolute Gasteiger partial charge is 0.255 e. The molecule has 2 aromatic rings. The first-order valence-electron chi connectivity index (χ1n) is 6.47. The van der Waals surface area contributed by atoms with Crippen molar-refractivity contribution < 1.29 is 14.3 Å². The fourth-order valence-electron chi connectivity index (χ4n) is 1.75. The molecule has 2 rings (SSSR count). The number of ether oxygens (including phenoxy) is 2. The van der Waals surface area contributed by atoms with E-state index in [9.17, 15) is 4.79 Å². The fraction of sp³-hybridized carbons (Fsp3) is 0.200. The van der Waals surface area contributed by atoms with E-state index in [-0.39, 0.29) is 5.91 Å². The molecular weight excluding hydrogens is 270 g/mol. The molecule has 0 radical (unpaired) electrons. The maximum absolute atomic E-state index is 12.1. The van der Waals surface area contributed by atoms with Crippen molar-refractivity contribution in [2.75, 3.05) is 24.8 Å². The van der Waals surface area contributed by atoms with Gasteiger partial charge in [0, 0.05) is 11.6 Å². The summed E-state index contributed by atoms with van der Waals surface area (Å²) in [6.07, 6.45) is 1.52. The third kappa shape index (κ3) is 3.62. The Balaban J connectivity index is 2.10. The first-order chi connectivity index (χ1) is 10.1. The maximum Gasteiger partial charge on any atom is 0.255 e. The molecule has 21 heavy (non-hydrogen) atoms. The van der Waals surface area contributed by atoms with E-state index in [1.165, 1.54) is 13.3 Å². The minimum atomic E-state index is -0.267. The lowest BCUT2D eigenvalue weighted by molar-refractivity contribution is 0.102. The number of nitrogens with one attached hydrogen (secondary N) is 1. The lowest BCUT2D eigenvalue weighted by Crippen LogP contribution is -2.12. The molecule has 0 aliphatic carbocycles. The van der Waals surface area contributed by atoms with Gasteiger partial charge in [0.05, 0.1) is 31.3 Å². The Kier molecular flexibility index (Phi) is 4.61. The Morgan fingerprint density at radius 1 is 1.33 bits per heavy atom. The number of nitrogens with zero attached hydrogens (tertiary/aromatic N) is 1. The first kappa shape index (κ1) is 14.6. The quantitative estimate of drug-likeness (QED) is 0.824. The number of pyridine rings is 1. The van der Waals surface area contributed by atoms with Crippen LogP contribution in [-0.4, -0.2) is 24.6 Å². The highest BCUT2D eigenvalue weighted by Gasteiger charge is 2.09. The number of rotatable bonds is 5. The van der Waals surface area contributed by atoms with E-state index in [1.54, 1.807) is 30.3 Å². The molecule has 0 unspecified atom stereocenters. The van der Waals surface area contributed by atoms with Crippen molar-refractivity contribution in [2.24, 2.45) is 0 Å².